The standard InChI is InChI=1S/C11H14ClNS.ClH/c12-9-3-5-11(6-4-9)14-8-10-2-1-7-13-10;/h3-6,10,13H,1-2,7-8H2;1H. The first-order valence-electron chi connectivity index (χ1n) is 4.96. The van der Waals surface area contributed by atoms with Gasteiger partial charge < -0.3 is 5.32 Å². The van der Waals surface area contributed by atoms with E-state index in [-0.39, 0.29) is 12.4 Å². The van der Waals surface area contributed by atoms with Crippen molar-refractivity contribution in [2.75, 3.05) is 12.3 Å². The molecule has 0 aromatic heterocycles. The Labute approximate surface area is 106 Å². The number of rotatable bonds is 3. The second-order valence-electron chi connectivity index (χ2n) is 3.56. The lowest BCUT2D eigenvalue weighted by Crippen LogP contribution is -2.23. The molecule has 0 amide bonds. The number of hydrogen-bond acceptors (Lipinski definition) is 2. The monoisotopic (exact) mass is 263 g/mol. The van der Waals surface area contributed by atoms with Crippen molar-refractivity contribution in [3.05, 3.63) is 29.3 Å². The van der Waals surface area contributed by atoms with Gasteiger partial charge in [-0.05, 0) is 43.7 Å². The third-order valence-corrected chi connectivity index (χ3v) is 3.85. The molecule has 0 saturated carbocycles. The predicted molar refractivity (Wildman–Crippen MR) is 70.4 cm³/mol. The van der Waals surface area contributed by atoms with E-state index in [0.717, 1.165) is 5.02 Å². The molecule has 1 nitrogen and oxygen atoms in total. The van der Waals surface area contributed by atoms with Crippen LogP contribution < -0.4 is 5.32 Å². The van der Waals surface area contributed by atoms with Crippen LogP contribution in [0.4, 0.5) is 0 Å². The molecule has 4 heteroatoms. The maximum Gasteiger partial charge on any atom is 0.0406 e. The van der Waals surface area contributed by atoms with Crippen molar-refractivity contribution in [2.24, 2.45) is 0 Å². The molecule has 1 atom stereocenters. The largest absolute Gasteiger partial charge is 0.313 e. The Hall–Kier alpha value is 0.110. The van der Waals surface area contributed by atoms with Crippen molar-refractivity contribution in [1.82, 2.24) is 5.32 Å². The van der Waals surface area contributed by atoms with E-state index in [0.29, 0.717) is 6.04 Å². The smallest absolute Gasteiger partial charge is 0.0406 e. The summed E-state index contributed by atoms with van der Waals surface area (Å²) in [5.41, 5.74) is 0. The van der Waals surface area contributed by atoms with E-state index in [9.17, 15) is 0 Å². The maximum atomic E-state index is 5.82. The van der Waals surface area contributed by atoms with E-state index in [1.54, 1.807) is 0 Å². The molecule has 1 unspecified atom stereocenters. The van der Waals surface area contributed by atoms with Gasteiger partial charge in [0.1, 0.15) is 0 Å². The van der Waals surface area contributed by atoms with Crippen LogP contribution in [0.2, 0.25) is 5.02 Å². The minimum absolute atomic E-state index is 0. The van der Waals surface area contributed by atoms with E-state index in [1.165, 1.54) is 30.0 Å². The van der Waals surface area contributed by atoms with Crippen LogP contribution in [0, 0.1) is 0 Å². The molecule has 0 aliphatic carbocycles. The summed E-state index contributed by atoms with van der Waals surface area (Å²) in [5, 5.41) is 4.30. The lowest BCUT2D eigenvalue weighted by atomic mass is 10.3. The molecular formula is C11H15Cl2NS. The Kier molecular flexibility index (Phi) is 5.83. The Morgan fingerprint density at radius 2 is 2.07 bits per heavy atom. The summed E-state index contributed by atoms with van der Waals surface area (Å²) in [5.74, 6) is 1.17. The second kappa shape index (κ2) is 6.64. The highest BCUT2D eigenvalue weighted by Gasteiger charge is 2.13. The van der Waals surface area contributed by atoms with Crippen LogP contribution in [0.25, 0.3) is 0 Å². The maximum absolute atomic E-state index is 5.82. The third kappa shape index (κ3) is 4.23. The molecule has 1 heterocycles. The summed E-state index contributed by atoms with van der Waals surface area (Å²) in [6, 6.07) is 8.78. The average Bonchev–Trinajstić information content (AvgIpc) is 2.70. The fourth-order valence-corrected chi connectivity index (χ4v) is 2.76. The Balaban J connectivity index is 0.00000112. The number of hydrogen-bond donors (Lipinski definition) is 1. The van der Waals surface area contributed by atoms with Gasteiger partial charge in [0.25, 0.3) is 0 Å². The van der Waals surface area contributed by atoms with Gasteiger partial charge in [0.2, 0.25) is 0 Å². The summed E-state index contributed by atoms with van der Waals surface area (Å²) in [6.07, 6.45) is 2.65. The van der Waals surface area contributed by atoms with Gasteiger partial charge in [-0.25, -0.2) is 0 Å². The zero-order chi connectivity index (χ0) is 9.80. The van der Waals surface area contributed by atoms with Crippen molar-refractivity contribution in [1.29, 1.82) is 0 Å². The highest BCUT2D eigenvalue weighted by Crippen LogP contribution is 2.22. The van der Waals surface area contributed by atoms with Crippen LogP contribution in [0.1, 0.15) is 12.8 Å². The summed E-state index contributed by atoms with van der Waals surface area (Å²) in [6.45, 7) is 1.19. The van der Waals surface area contributed by atoms with Crippen molar-refractivity contribution in [2.45, 2.75) is 23.8 Å². The van der Waals surface area contributed by atoms with Gasteiger partial charge in [-0.2, -0.15) is 0 Å². The first-order valence-corrected chi connectivity index (χ1v) is 6.33. The molecule has 84 valence electrons. The molecule has 1 fully saturated rings. The van der Waals surface area contributed by atoms with Crippen LogP contribution in [-0.4, -0.2) is 18.3 Å². The summed E-state index contributed by atoms with van der Waals surface area (Å²) in [4.78, 5) is 1.31. The van der Waals surface area contributed by atoms with Gasteiger partial charge in [-0.15, -0.1) is 24.2 Å². The molecule has 2 rings (SSSR count). The minimum Gasteiger partial charge on any atom is -0.313 e. The number of halogens is 2. The fourth-order valence-electron chi connectivity index (χ4n) is 1.63. The zero-order valence-electron chi connectivity index (χ0n) is 8.41. The van der Waals surface area contributed by atoms with Crippen LogP contribution >= 0.6 is 35.8 Å². The SMILES string of the molecule is Cl.Clc1ccc(SCC2CCCN2)cc1. The minimum atomic E-state index is 0. The molecule has 1 aliphatic heterocycles. The van der Waals surface area contributed by atoms with Crippen LogP contribution in [0.3, 0.4) is 0 Å². The molecule has 1 aromatic carbocycles. The van der Waals surface area contributed by atoms with Crippen molar-refractivity contribution >= 4 is 35.8 Å². The molecule has 15 heavy (non-hydrogen) atoms. The van der Waals surface area contributed by atoms with Gasteiger partial charge in [0, 0.05) is 21.7 Å². The van der Waals surface area contributed by atoms with Gasteiger partial charge in [-0.3, -0.25) is 0 Å². The second-order valence-corrected chi connectivity index (χ2v) is 5.09. The molecule has 1 aliphatic rings. The van der Waals surface area contributed by atoms with Gasteiger partial charge in [0.15, 0.2) is 0 Å². The van der Waals surface area contributed by atoms with Crippen LogP contribution in [-0.2, 0) is 0 Å². The lowest BCUT2D eigenvalue weighted by Gasteiger charge is -2.08. The third-order valence-electron chi connectivity index (χ3n) is 2.43. The molecule has 1 saturated heterocycles. The van der Waals surface area contributed by atoms with E-state index < -0.39 is 0 Å². The molecule has 1 N–H and O–H groups in total. The van der Waals surface area contributed by atoms with Gasteiger partial charge in [-0.1, -0.05) is 11.6 Å². The van der Waals surface area contributed by atoms with Crippen molar-refractivity contribution in [3.8, 4) is 0 Å². The highest BCUT2D eigenvalue weighted by molar-refractivity contribution is 7.99. The highest BCUT2D eigenvalue weighted by atomic mass is 35.5. The first-order chi connectivity index (χ1) is 6.84. The summed E-state index contributed by atoms with van der Waals surface area (Å²) in [7, 11) is 0. The number of benzene rings is 1. The summed E-state index contributed by atoms with van der Waals surface area (Å²) >= 11 is 7.72. The van der Waals surface area contributed by atoms with Gasteiger partial charge >= 0.3 is 0 Å². The van der Waals surface area contributed by atoms with E-state index in [2.05, 4.69) is 17.4 Å². The van der Waals surface area contributed by atoms with E-state index >= 15 is 0 Å². The predicted octanol–water partition coefficient (Wildman–Crippen LogP) is 3.61. The first kappa shape index (κ1) is 13.2. The van der Waals surface area contributed by atoms with Crippen molar-refractivity contribution in [3.63, 3.8) is 0 Å². The Morgan fingerprint density at radius 3 is 2.67 bits per heavy atom. The van der Waals surface area contributed by atoms with E-state index in [4.69, 9.17) is 11.6 Å². The van der Waals surface area contributed by atoms with Gasteiger partial charge in [0.05, 0.1) is 0 Å². The Bertz CT molecular complexity index is 283. The number of nitrogens with one attached hydrogen (secondary N) is 1. The topological polar surface area (TPSA) is 12.0 Å². The quantitative estimate of drug-likeness (QED) is 0.837. The molecular weight excluding hydrogens is 249 g/mol. The zero-order valence-corrected chi connectivity index (χ0v) is 10.8. The Morgan fingerprint density at radius 1 is 1.33 bits per heavy atom. The number of thioether (sulfide) groups is 1. The molecule has 1 aromatic rings. The van der Waals surface area contributed by atoms with Crippen LogP contribution in [0.15, 0.2) is 29.2 Å². The lowest BCUT2D eigenvalue weighted by molar-refractivity contribution is 0.674. The normalized spacial score (nSPS) is 19.9. The fraction of sp³-hybridized carbons (Fsp3) is 0.455. The average molecular weight is 264 g/mol. The summed E-state index contributed by atoms with van der Waals surface area (Å²) < 4.78 is 0. The van der Waals surface area contributed by atoms with E-state index in [1.807, 2.05) is 23.9 Å². The molecule has 0 spiro atoms. The van der Waals surface area contributed by atoms with Crippen LogP contribution in [0.5, 0.6) is 0 Å². The molecule has 0 bridgehead atoms. The molecule has 0 radical (unpaired) electrons. The van der Waals surface area contributed by atoms with Crippen molar-refractivity contribution < 1.29 is 0 Å².